The lowest BCUT2D eigenvalue weighted by atomic mass is 10.1. The van der Waals surface area contributed by atoms with Gasteiger partial charge in [0.05, 0.1) is 7.11 Å². The number of carbonyl (C=O) groups excluding carboxylic acids is 4. The number of benzene rings is 1. The highest BCUT2D eigenvalue weighted by atomic mass is 16.6. The van der Waals surface area contributed by atoms with E-state index in [9.17, 15) is 19.2 Å². The molecule has 0 saturated heterocycles. The van der Waals surface area contributed by atoms with Crippen molar-refractivity contribution < 1.29 is 33.4 Å². The van der Waals surface area contributed by atoms with Crippen molar-refractivity contribution in [2.24, 2.45) is 0 Å². The average molecular weight is 393 g/mol. The number of esters is 2. The molecule has 1 amide bonds. The van der Waals surface area contributed by atoms with Crippen molar-refractivity contribution in [2.75, 3.05) is 7.11 Å². The molecule has 8 heteroatoms. The molecule has 1 rings (SSSR count). The van der Waals surface area contributed by atoms with E-state index < -0.39 is 41.9 Å². The van der Waals surface area contributed by atoms with E-state index in [0.29, 0.717) is 0 Å². The van der Waals surface area contributed by atoms with E-state index in [0.717, 1.165) is 5.56 Å². The minimum absolute atomic E-state index is 0.0171. The second-order valence-corrected chi connectivity index (χ2v) is 7.12. The monoisotopic (exact) mass is 393 g/mol. The molecule has 0 aromatic heterocycles. The van der Waals surface area contributed by atoms with Gasteiger partial charge in [-0.15, -0.1) is 0 Å². The van der Waals surface area contributed by atoms with Crippen LogP contribution in [0.25, 0.3) is 0 Å². The van der Waals surface area contributed by atoms with Crippen molar-refractivity contribution in [3.8, 4) is 0 Å². The molecule has 0 fully saturated rings. The SMILES string of the molecule is COC(=O)[C@H](CCC(=O)CC(=O)OCc1ccccc1)NC(=O)OC(C)(C)C. The Hall–Kier alpha value is -2.90. The van der Waals surface area contributed by atoms with Gasteiger partial charge < -0.3 is 19.5 Å². The second kappa shape index (κ2) is 11.1. The Morgan fingerprint density at radius 1 is 1.07 bits per heavy atom. The van der Waals surface area contributed by atoms with Gasteiger partial charge in [0.1, 0.15) is 30.5 Å². The summed E-state index contributed by atoms with van der Waals surface area (Å²) in [5, 5.41) is 2.38. The van der Waals surface area contributed by atoms with Crippen molar-refractivity contribution in [3.63, 3.8) is 0 Å². The lowest BCUT2D eigenvalue weighted by Gasteiger charge is -2.22. The van der Waals surface area contributed by atoms with Gasteiger partial charge in [0, 0.05) is 6.42 Å². The zero-order valence-corrected chi connectivity index (χ0v) is 16.7. The van der Waals surface area contributed by atoms with Crippen molar-refractivity contribution in [3.05, 3.63) is 35.9 Å². The van der Waals surface area contributed by atoms with Gasteiger partial charge in [-0.25, -0.2) is 9.59 Å². The fourth-order valence-electron chi connectivity index (χ4n) is 2.18. The molecule has 1 aromatic carbocycles. The van der Waals surface area contributed by atoms with Crippen LogP contribution in [0.15, 0.2) is 30.3 Å². The molecule has 8 nitrogen and oxygen atoms in total. The zero-order valence-electron chi connectivity index (χ0n) is 16.7. The first-order chi connectivity index (χ1) is 13.1. The summed E-state index contributed by atoms with van der Waals surface area (Å²) in [6, 6.07) is 8.04. The molecule has 0 spiro atoms. The summed E-state index contributed by atoms with van der Waals surface area (Å²) in [4.78, 5) is 47.4. The number of ether oxygens (including phenoxy) is 3. The highest BCUT2D eigenvalue weighted by Crippen LogP contribution is 2.09. The largest absolute Gasteiger partial charge is 0.467 e. The molecule has 0 bridgehead atoms. The van der Waals surface area contributed by atoms with E-state index in [1.54, 1.807) is 32.9 Å². The fourth-order valence-corrected chi connectivity index (χ4v) is 2.18. The van der Waals surface area contributed by atoms with E-state index in [2.05, 4.69) is 10.1 Å². The maximum atomic E-state index is 12.0. The third-order valence-corrected chi connectivity index (χ3v) is 3.47. The number of carbonyl (C=O) groups is 4. The second-order valence-electron chi connectivity index (χ2n) is 7.12. The lowest BCUT2D eigenvalue weighted by molar-refractivity contribution is -0.147. The average Bonchev–Trinajstić information content (AvgIpc) is 2.62. The normalized spacial score (nSPS) is 11.9. The van der Waals surface area contributed by atoms with Crippen LogP contribution in [0.2, 0.25) is 0 Å². The third-order valence-electron chi connectivity index (χ3n) is 3.47. The number of ketones is 1. The Labute approximate surface area is 164 Å². The minimum Gasteiger partial charge on any atom is -0.467 e. The highest BCUT2D eigenvalue weighted by Gasteiger charge is 2.26. The quantitative estimate of drug-likeness (QED) is 0.390. The molecule has 0 radical (unpaired) electrons. The third kappa shape index (κ3) is 9.70. The van der Waals surface area contributed by atoms with E-state index in [1.807, 2.05) is 18.2 Å². The molecule has 0 heterocycles. The van der Waals surface area contributed by atoms with Crippen LogP contribution >= 0.6 is 0 Å². The first-order valence-corrected chi connectivity index (χ1v) is 8.89. The molecule has 154 valence electrons. The first-order valence-electron chi connectivity index (χ1n) is 8.89. The molecule has 0 aliphatic carbocycles. The summed E-state index contributed by atoms with van der Waals surface area (Å²) in [5.41, 5.74) is 0.0823. The van der Waals surface area contributed by atoms with E-state index in [-0.39, 0.29) is 19.4 Å². The number of hydrogen-bond donors (Lipinski definition) is 1. The van der Waals surface area contributed by atoms with Crippen LogP contribution in [0.3, 0.4) is 0 Å². The summed E-state index contributed by atoms with van der Waals surface area (Å²) in [7, 11) is 1.18. The number of Topliss-reactive ketones (excluding diaryl/α,β-unsaturated/α-hetero) is 1. The summed E-state index contributed by atoms with van der Waals surface area (Å²) < 4.78 is 14.8. The number of nitrogens with one attached hydrogen (secondary N) is 1. The number of amides is 1. The fraction of sp³-hybridized carbons (Fsp3) is 0.500. The Kier molecular flexibility index (Phi) is 9.14. The number of methoxy groups -OCH3 is 1. The van der Waals surface area contributed by atoms with Gasteiger partial charge in [-0.2, -0.15) is 0 Å². The lowest BCUT2D eigenvalue weighted by Crippen LogP contribution is -2.44. The maximum Gasteiger partial charge on any atom is 0.408 e. The molecular weight excluding hydrogens is 366 g/mol. The first kappa shape index (κ1) is 23.1. The van der Waals surface area contributed by atoms with Crippen molar-refractivity contribution in [2.45, 2.75) is 58.3 Å². The Morgan fingerprint density at radius 3 is 2.29 bits per heavy atom. The molecule has 0 aliphatic heterocycles. The van der Waals surface area contributed by atoms with Crippen molar-refractivity contribution in [1.82, 2.24) is 5.32 Å². The summed E-state index contributed by atoms with van der Waals surface area (Å²) in [6.45, 7) is 5.14. The van der Waals surface area contributed by atoms with Crippen LogP contribution in [-0.4, -0.2) is 42.6 Å². The Bertz CT molecular complexity index is 680. The summed E-state index contributed by atoms with van der Waals surface area (Å²) in [5.74, 6) is -1.76. The van der Waals surface area contributed by atoms with E-state index >= 15 is 0 Å². The van der Waals surface area contributed by atoms with E-state index in [4.69, 9.17) is 9.47 Å². The summed E-state index contributed by atoms with van der Waals surface area (Å²) in [6.07, 6.45) is -1.32. The predicted octanol–water partition coefficient (Wildman–Crippen LogP) is 2.54. The van der Waals surface area contributed by atoms with Crippen LogP contribution < -0.4 is 5.32 Å². The standard InChI is InChI=1S/C20H27NO7/c1-20(2,3)28-19(25)21-16(18(24)26-4)11-10-15(22)12-17(23)27-13-14-8-6-5-7-9-14/h5-9,16H,10-13H2,1-4H3,(H,21,25)/t16-/m0/s1. The van der Waals surface area contributed by atoms with Gasteiger partial charge in [0.25, 0.3) is 0 Å². The molecule has 28 heavy (non-hydrogen) atoms. The van der Waals surface area contributed by atoms with Gasteiger partial charge in [0.15, 0.2) is 0 Å². The molecule has 0 saturated carbocycles. The number of hydrogen-bond acceptors (Lipinski definition) is 7. The van der Waals surface area contributed by atoms with E-state index in [1.165, 1.54) is 7.11 Å². The maximum absolute atomic E-state index is 12.0. The topological polar surface area (TPSA) is 108 Å². The van der Waals surface area contributed by atoms with Gasteiger partial charge in [-0.3, -0.25) is 9.59 Å². The van der Waals surface area contributed by atoms with Crippen LogP contribution in [0.1, 0.15) is 45.6 Å². The van der Waals surface area contributed by atoms with Crippen LogP contribution in [0.4, 0.5) is 4.79 Å². The van der Waals surface area contributed by atoms with Crippen LogP contribution in [0.5, 0.6) is 0 Å². The molecule has 0 unspecified atom stereocenters. The number of alkyl carbamates (subject to hydrolysis) is 1. The Morgan fingerprint density at radius 2 is 1.71 bits per heavy atom. The minimum atomic E-state index is -1.05. The molecular formula is C20H27NO7. The number of rotatable bonds is 9. The molecule has 1 N–H and O–H groups in total. The molecule has 1 atom stereocenters. The van der Waals surface area contributed by atoms with Gasteiger partial charge in [0.2, 0.25) is 0 Å². The summed E-state index contributed by atoms with van der Waals surface area (Å²) >= 11 is 0. The predicted molar refractivity (Wildman–Crippen MR) is 100 cm³/mol. The Balaban J connectivity index is 2.45. The van der Waals surface area contributed by atoms with Gasteiger partial charge >= 0.3 is 18.0 Å². The highest BCUT2D eigenvalue weighted by molar-refractivity contribution is 5.95. The smallest absolute Gasteiger partial charge is 0.408 e. The van der Waals surface area contributed by atoms with Gasteiger partial charge in [-0.1, -0.05) is 30.3 Å². The molecule has 0 aliphatic rings. The van der Waals surface area contributed by atoms with Crippen LogP contribution in [-0.2, 0) is 35.2 Å². The molecule has 1 aromatic rings. The van der Waals surface area contributed by atoms with Crippen molar-refractivity contribution in [1.29, 1.82) is 0 Å². The zero-order chi connectivity index (χ0) is 21.2. The van der Waals surface area contributed by atoms with Gasteiger partial charge in [-0.05, 0) is 32.8 Å². The van der Waals surface area contributed by atoms with Crippen LogP contribution in [0, 0.1) is 0 Å². The van der Waals surface area contributed by atoms with Crippen molar-refractivity contribution >= 4 is 23.8 Å².